The Morgan fingerprint density at radius 3 is 2.64 bits per heavy atom. The summed E-state index contributed by atoms with van der Waals surface area (Å²) in [7, 11) is 0. The van der Waals surface area contributed by atoms with Gasteiger partial charge in [-0.25, -0.2) is 0 Å². The van der Waals surface area contributed by atoms with Crippen LogP contribution in [0.3, 0.4) is 0 Å². The molecule has 0 saturated carbocycles. The Morgan fingerprint density at radius 1 is 0.920 bits per heavy atom. The molecule has 0 nitrogen and oxygen atoms in total. The fourth-order valence-electron chi connectivity index (χ4n) is 4.56. The Bertz CT molecular complexity index is 979. The maximum Gasteiger partial charge on any atom is 0.00304 e. The molecule has 0 spiro atoms. The second-order valence-corrected chi connectivity index (χ2v) is 7.40. The molecule has 0 heteroatoms. The summed E-state index contributed by atoms with van der Waals surface area (Å²) in [6, 6.07) is 17.6. The lowest BCUT2D eigenvalue weighted by atomic mass is 9.85. The number of benzene rings is 2. The number of rotatable bonds is 3. The third kappa shape index (κ3) is 2.44. The molecule has 3 aliphatic carbocycles. The zero-order valence-corrected chi connectivity index (χ0v) is 14.6. The fraction of sp³-hybridized carbons (Fsp3) is 0.200. The van der Waals surface area contributed by atoms with Crippen LogP contribution in [-0.2, 0) is 6.42 Å². The van der Waals surface area contributed by atoms with Crippen molar-refractivity contribution >= 4 is 12.2 Å². The van der Waals surface area contributed by atoms with Crippen LogP contribution < -0.4 is 0 Å². The molecule has 0 saturated heterocycles. The van der Waals surface area contributed by atoms with Crippen molar-refractivity contribution in [1.82, 2.24) is 0 Å². The Kier molecular flexibility index (Phi) is 3.38. The summed E-state index contributed by atoms with van der Waals surface area (Å²) in [6.07, 6.45) is 12.9. The smallest absolute Gasteiger partial charge is 0.00304 e. The van der Waals surface area contributed by atoms with Gasteiger partial charge < -0.3 is 0 Å². The van der Waals surface area contributed by atoms with E-state index in [0.717, 1.165) is 12.8 Å². The lowest BCUT2D eigenvalue weighted by Crippen LogP contribution is -2.03. The number of allylic oxidation sites excluding steroid dienone is 6. The summed E-state index contributed by atoms with van der Waals surface area (Å²) in [4.78, 5) is 0. The SMILES string of the molecule is CC1=C(CCC2C=Cc3ccccc32)C2=Cc3ccccc3CC2=C1. The quantitative estimate of drug-likeness (QED) is 0.607. The van der Waals surface area contributed by atoms with Crippen molar-refractivity contribution in [3.8, 4) is 0 Å². The molecule has 0 N–H and O–H groups in total. The average molecular weight is 322 g/mol. The molecule has 0 radical (unpaired) electrons. The van der Waals surface area contributed by atoms with E-state index >= 15 is 0 Å². The van der Waals surface area contributed by atoms with Gasteiger partial charge in [-0.2, -0.15) is 0 Å². The van der Waals surface area contributed by atoms with Crippen molar-refractivity contribution in [2.75, 3.05) is 0 Å². The number of fused-ring (bicyclic) bond motifs is 3. The molecule has 0 fully saturated rings. The first-order valence-corrected chi connectivity index (χ1v) is 9.27. The lowest BCUT2D eigenvalue weighted by molar-refractivity contribution is 0.742. The highest BCUT2D eigenvalue weighted by molar-refractivity contribution is 5.76. The third-order valence-corrected chi connectivity index (χ3v) is 5.88. The predicted octanol–water partition coefficient (Wildman–Crippen LogP) is 6.47. The second-order valence-electron chi connectivity index (χ2n) is 7.40. The summed E-state index contributed by atoms with van der Waals surface area (Å²) >= 11 is 0. The van der Waals surface area contributed by atoms with Crippen LogP contribution in [-0.4, -0.2) is 0 Å². The summed E-state index contributed by atoms with van der Waals surface area (Å²) < 4.78 is 0. The van der Waals surface area contributed by atoms with Crippen molar-refractivity contribution < 1.29 is 0 Å². The minimum absolute atomic E-state index is 0.567. The Labute approximate surface area is 149 Å². The van der Waals surface area contributed by atoms with Crippen LogP contribution in [0.25, 0.3) is 12.2 Å². The van der Waals surface area contributed by atoms with Crippen LogP contribution in [0.1, 0.15) is 47.9 Å². The molecular formula is C25H22. The van der Waals surface area contributed by atoms with Gasteiger partial charge in [-0.15, -0.1) is 0 Å². The summed E-state index contributed by atoms with van der Waals surface area (Å²) in [5, 5.41) is 0. The molecular weight excluding hydrogens is 300 g/mol. The van der Waals surface area contributed by atoms with Gasteiger partial charge in [0.1, 0.15) is 0 Å². The molecule has 122 valence electrons. The van der Waals surface area contributed by atoms with Crippen LogP contribution >= 0.6 is 0 Å². The average Bonchev–Trinajstić information content (AvgIpc) is 3.18. The maximum absolute atomic E-state index is 2.41. The van der Waals surface area contributed by atoms with Gasteiger partial charge in [0, 0.05) is 5.92 Å². The van der Waals surface area contributed by atoms with Crippen LogP contribution in [0.4, 0.5) is 0 Å². The van der Waals surface area contributed by atoms with Gasteiger partial charge >= 0.3 is 0 Å². The van der Waals surface area contributed by atoms with Crippen molar-refractivity contribution in [2.45, 2.75) is 32.1 Å². The monoisotopic (exact) mass is 322 g/mol. The van der Waals surface area contributed by atoms with E-state index in [1.807, 2.05) is 0 Å². The molecule has 0 heterocycles. The molecule has 2 aromatic carbocycles. The third-order valence-electron chi connectivity index (χ3n) is 5.88. The molecule has 1 unspecified atom stereocenters. The zero-order chi connectivity index (χ0) is 16.8. The van der Waals surface area contributed by atoms with Crippen molar-refractivity contribution in [1.29, 1.82) is 0 Å². The van der Waals surface area contributed by atoms with E-state index in [1.165, 1.54) is 45.4 Å². The molecule has 5 rings (SSSR count). The minimum Gasteiger partial charge on any atom is -0.0764 e. The van der Waals surface area contributed by atoms with Gasteiger partial charge in [0.15, 0.2) is 0 Å². The number of hydrogen-bond acceptors (Lipinski definition) is 0. The van der Waals surface area contributed by atoms with Crippen molar-refractivity contribution in [3.05, 3.63) is 105 Å². The van der Waals surface area contributed by atoms with E-state index in [0.29, 0.717) is 5.92 Å². The van der Waals surface area contributed by atoms with Crippen LogP contribution in [0.15, 0.2) is 83.0 Å². The lowest BCUT2D eigenvalue weighted by Gasteiger charge is -2.19. The summed E-state index contributed by atoms with van der Waals surface area (Å²) in [5.41, 5.74) is 11.8. The molecule has 2 aromatic rings. The van der Waals surface area contributed by atoms with E-state index in [9.17, 15) is 0 Å². The molecule has 0 bridgehead atoms. The van der Waals surface area contributed by atoms with E-state index in [-0.39, 0.29) is 0 Å². The molecule has 1 atom stereocenters. The summed E-state index contributed by atoms with van der Waals surface area (Å²) in [5.74, 6) is 0.567. The standard InChI is InChI=1S/C25H22/c1-17-14-22-15-20-7-2-3-8-21(20)16-25(22)23(17)13-12-19-11-10-18-6-4-5-9-24(18)19/h2-11,14,16,19H,12-13,15H2,1H3. The highest BCUT2D eigenvalue weighted by Crippen LogP contribution is 2.42. The first-order valence-electron chi connectivity index (χ1n) is 9.27. The van der Waals surface area contributed by atoms with Gasteiger partial charge in [-0.3, -0.25) is 0 Å². The van der Waals surface area contributed by atoms with Crippen LogP contribution in [0.2, 0.25) is 0 Å². The number of hydrogen-bond donors (Lipinski definition) is 0. The fourth-order valence-corrected chi connectivity index (χ4v) is 4.56. The van der Waals surface area contributed by atoms with E-state index in [1.54, 1.807) is 5.57 Å². The second kappa shape index (κ2) is 5.74. The van der Waals surface area contributed by atoms with E-state index in [4.69, 9.17) is 0 Å². The van der Waals surface area contributed by atoms with Gasteiger partial charge in [0.25, 0.3) is 0 Å². The van der Waals surface area contributed by atoms with Crippen LogP contribution in [0.5, 0.6) is 0 Å². The first-order chi connectivity index (χ1) is 12.3. The maximum atomic E-state index is 2.41. The van der Waals surface area contributed by atoms with Gasteiger partial charge in [-0.1, -0.05) is 66.8 Å². The molecule has 0 aliphatic heterocycles. The topological polar surface area (TPSA) is 0 Å². The first kappa shape index (κ1) is 14.7. The molecule has 0 aromatic heterocycles. The zero-order valence-electron chi connectivity index (χ0n) is 14.6. The van der Waals surface area contributed by atoms with E-state index < -0.39 is 0 Å². The van der Waals surface area contributed by atoms with E-state index in [2.05, 4.69) is 79.8 Å². The highest BCUT2D eigenvalue weighted by Gasteiger charge is 2.25. The van der Waals surface area contributed by atoms with Gasteiger partial charge in [0.2, 0.25) is 0 Å². The molecule has 25 heavy (non-hydrogen) atoms. The molecule has 0 amide bonds. The van der Waals surface area contributed by atoms with Gasteiger partial charge in [0.05, 0.1) is 0 Å². The van der Waals surface area contributed by atoms with Gasteiger partial charge in [-0.05, 0) is 76.8 Å². The predicted molar refractivity (Wildman–Crippen MR) is 106 cm³/mol. The largest absolute Gasteiger partial charge is 0.0764 e. The molecule has 3 aliphatic rings. The van der Waals surface area contributed by atoms with Crippen molar-refractivity contribution in [3.63, 3.8) is 0 Å². The Morgan fingerprint density at radius 2 is 1.72 bits per heavy atom. The normalized spacial score (nSPS) is 20.1. The van der Waals surface area contributed by atoms with Crippen LogP contribution in [0, 0.1) is 0 Å². The summed E-state index contributed by atoms with van der Waals surface area (Å²) in [6.45, 7) is 2.28. The highest BCUT2D eigenvalue weighted by atomic mass is 14.3. The Balaban J connectivity index is 1.40. The Hall–Kier alpha value is -2.60. The van der Waals surface area contributed by atoms with Crippen molar-refractivity contribution in [2.24, 2.45) is 0 Å². The minimum atomic E-state index is 0.567.